The van der Waals surface area contributed by atoms with Crippen LogP contribution in [0.1, 0.15) is 31.5 Å². The highest BCUT2D eigenvalue weighted by Gasteiger charge is 2.27. The Labute approximate surface area is 222 Å². The predicted molar refractivity (Wildman–Crippen MR) is 150 cm³/mol. The molecule has 8 nitrogen and oxygen atoms in total. The van der Waals surface area contributed by atoms with Gasteiger partial charge < -0.3 is 20.1 Å². The molecule has 2 aromatic carbocycles. The van der Waals surface area contributed by atoms with Gasteiger partial charge in [-0.15, -0.1) is 0 Å². The molecule has 0 bridgehead atoms. The molecule has 0 aliphatic carbocycles. The standard InChI is InChI=1S/C30H32N6O2/c1-20(37-2)38-23-10-11-26-25(18-23)33-19-36(26)28-12-9-22-6-5-8-27(30(22)34-28)35-16-13-21(14-17-35)29(31)24-7-3-4-15-32-24/h3-12,15,18-21,29H,13-14,16-17,31H2,1-2H3. The lowest BCUT2D eigenvalue weighted by Gasteiger charge is -2.36. The number of hydrogen-bond acceptors (Lipinski definition) is 7. The Kier molecular flexibility index (Phi) is 6.66. The third-order valence-corrected chi connectivity index (χ3v) is 7.50. The second-order valence-electron chi connectivity index (χ2n) is 9.81. The van der Waals surface area contributed by atoms with Crippen LogP contribution >= 0.6 is 0 Å². The highest BCUT2D eigenvalue weighted by atomic mass is 16.7. The summed E-state index contributed by atoms with van der Waals surface area (Å²) >= 11 is 0. The lowest BCUT2D eigenvalue weighted by Crippen LogP contribution is -2.37. The number of methoxy groups -OCH3 is 1. The summed E-state index contributed by atoms with van der Waals surface area (Å²) in [6.07, 6.45) is 5.35. The van der Waals surface area contributed by atoms with E-state index in [0.717, 1.165) is 70.8 Å². The molecule has 194 valence electrons. The van der Waals surface area contributed by atoms with Gasteiger partial charge in [0.05, 0.1) is 27.9 Å². The number of benzene rings is 2. The van der Waals surface area contributed by atoms with Crippen molar-refractivity contribution in [1.82, 2.24) is 19.5 Å². The molecule has 4 heterocycles. The molecule has 0 saturated carbocycles. The van der Waals surface area contributed by atoms with Crippen LogP contribution in [-0.4, -0.2) is 46.0 Å². The maximum Gasteiger partial charge on any atom is 0.196 e. The highest BCUT2D eigenvalue weighted by molar-refractivity contribution is 5.92. The van der Waals surface area contributed by atoms with Crippen molar-refractivity contribution in [1.29, 1.82) is 0 Å². The van der Waals surface area contributed by atoms with Crippen molar-refractivity contribution < 1.29 is 9.47 Å². The van der Waals surface area contributed by atoms with E-state index >= 15 is 0 Å². The average molecular weight is 509 g/mol. The van der Waals surface area contributed by atoms with Crippen LogP contribution < -0.4 is 15.4 Å². The summed E-state index contributed by atoms with van der Waals surface area (Å²) in [5.74, 6) is 1.97. The molecule has 6 rings (SSSR count). The number of rotatable bonds is 7. The summed E-state index contributed by atoms with van der Waals surface area (Å²) in [4.78, 5) is 16.6. The van der Waals surface area contributed by atoms with E-state index in [1.54, 1.807) is 7.11 Å². The molecule has 1 aliphatic heterocycles. The first-order valence-electron chi connectivity index (χ1n) is 13.1. The van der Waals surface area contributed by atoms with Crippen LogP contribution in [0.3, 0.4) is 0 Å². The number of para-hydroxylation sites is 1. The van der Waals surface area contributed by atoms with Crippen LogP contribution in [-0.2, 0) is 4.74 Å². The van der Waals surface area contributed by atoms with E-state index in [2.05, 4.69) is 39.1 Å². The number of fused-ring (bicyclic) bond motifs is 2. The molecule has 2 unspecified atom stereocenters. The zero-order valence-corrected chi connectivity index (χ0v) is 21.7. The van der Waals surface area contributed by atoms with Gasteiger partial charge in [-0.1, -0.05) is 18.2 Å². The molecule has 38 heavy (non-hydrogen) atoms. The van der Waals surface area contributed by atoms with Gasteiger partial charge in [0, 0.05) is 43.9 Å². The molecule has 3 aromatic heterocycles. The van der Waals surface area contributed by atoms with E-state index in [1.165, 1.54) is 0 Å². The first-order chi connectivity index (χ1) is 18.6. The number of nitrogens with two attached hydrogens (primary N) is 1. The van der Waals surface area contributed by atoms with Gasteiger partial charge in [-0.25, -0.2) is 9.97 Å². The SMILES string of the molecule is COC(C)Oc1ccc2c(c1)ncn2-c1ccc2cccc(N3CCC(C(N)c4ccccn4)CC3)c2n1. The molecule has 2 N–H and O–H groups in total. The fourth-order valence-corrected chi connectivity index (χ4v) is 5.31. The summed E-state index contributed by atoms with van der Waals surface area (Å²) in [5.41, 5.74) is 11.5. The van der Waals surface area contributed by atoms with Gasteiger partial charge >= 0.3 is 0 Å². The van der Waals surface area contributed by atoms with E-state index in [4.69, 9.17) is 20.2 Å². The quantitative estimate of drug-likeness (QED) is 0.300. The first-order valence-corrected chi connectivity index (χ1v) is 13.1. The van der Waals surface area contributed by atoms with Gasteiger partial charge in [0.25, 0.3) is 0 Å². The molecule has 0 spiro atoms. The second-order valence-corrected chi connectivity index (χ2v) is 9.81. The van der Waals surface area contributed by atoms with Gasteiger partial charge in [-0.2, -0.15) is 0 Å². The van der Waals surface area contributed by atoms with Gasteiger partial charge in [0.2, 0.25) is 0 Å². The predicted octanol–water partition coefficient (Wildman–Crippen LogP) is 5.26. The van der Waals surface area contributed by atoms with Crippen LogP contribution in [0, 0.1) is 5.92 Å². The van der Waals surface area contributed by atoms with Crippen molar-refractivity contribution >= 4 is 27.6 Å². The number of nitrogens with zero attached hydrogens (tertiary/aromatic N) is 5. The van der Waals surface area contributed by atoms with Crippen LogP contribution in [0.15, 0.2) is 79.3 Å². The van der Waals surface area contributed by atoms with E-state index in [0.29, 0.717) is 5.92 Å². The number of hydrogen-bond donors (Lipinski definition) is 1. The smallest absolute Gasteiger partial charge is 0.196 e. The summed E-state index contributed by atoms with van der Waals surface area (Å²) in [6, 6.07) is 22.4. The largest absolute Gasteiger partial charge is 0.465 e. The molecule has 1 aliphatic rings. The molecule has 5 aromatic rings. The Morgan fingerprint density at radius 3 is 2.63 bits per heavy atom. The Hall–Kier alpha value is -4.01. The third kappa shape index (κ3) is 4.68. The van der Waals surface area contributed by atoms with Crippen LogP contribution in [0.5, 0.6) is 5.75 Å². The fraction of sp³-hybridized carbons (Fsp3) is 0.300. The van der Waals surface area contributed by atoms with Gasteiger partial charge in [-0.3, -0.25) is 9.55 Å². The number of aromatic nitrogens is 4. The van der Waals surface area contributed by atoms with Crippen molar-refractivity contribution in [2.75, 3.05) is 25.1 Å². The minimum absolute atomic E-state index is 0.0336. The minimum atomic E-state index is -0.328. The maximum atomic E-state index is 6.59. The van der Waals surface area contributed by atoms with Gasteiger partial charge in [0.1, 0.15) is 17.9 Å². The zero-order valence-electron chi connectivity index (χ0n) is 21.7. The summed E-state index contributed by atoms with van der Waals surface area (Å²) in [7, 11) is 1.62. The van der Waals surface area contributed by atoms with Crippen LogP contribution in [0.25, 0.3) is 27.8 Å². The minimum Gasteiger partial charge on any atom is -0.465 e. The topological polar surface area (TPSA) is 91.3 Å². The number of pyridine rings is 2. The molecule has 8 heteroatoms. The number of imidazole rings is 1. The Balaban J connectivity index is 1.26. The monoisotopic (exact) mass is 508 g/mol. The van der Waals surface area contributed by atoms with Gasteiger partial charge in [-0.05, 0) is 68.1 Å². The molecular formula is C30H32N6O2. The van der Waals surface area contributed by atoms with E-state index in [9.17, 15) is 0 Å². The Bertz CT molecular complexity index is 1550. The van der Waals surface area contributed by atoms with Crippen molar-refractivity contribution in [3.05, 3.63) is 84.9 Å². The van der Waals surface area contributed by atoms with Gasteiger partial charge in [0.15, 0.2) is 6.29 Å². The number of piperidine rings is 1. The Morgan fingerprint density at radius 2 is 1.84 bits per heavy atom. The van der Waals surface area contributed by atoms with E-state index in [-0.39, 0.29) is 12.3 Å². The average Bonchev–Trinajstić information content (AvgIpc) is 3.40. The molecule has 2 atom stereocenters. The fourth-order valence-electron chi connectivity index (χ4n) is 5.31. The highest BCUT2D eigenvalue weighted by Crippen LogP contribution is 2.34. The molecule has 1 fully saturated rings. The summed E-state index contributed by atoms with van der Waals surface area (Å²) < 4.78 is 13.0. The number of ether oxygens (including phenoxy) is 2. The molecular weight excluding hydrogens is 476 g/mol. The van der Waals surface area contributed by atoms with Crippen molar-refractivity contribution in [3.63, 3.8) is 0 Å². The summed E-state index contributed by atoms with van der Waals surface area (Å²) in [6.45, 7) is 3.73. The normalized spacial score (nSPS) is 16.1. The van der Waals surface area contributed by atoms with E-state index in [1.807, 2.05) is 66.5 Å². The molecule has 0 amide bonds. The first kappa shape index (κ1) is 24.3. The Morgan fingerprint density at radius 1 is 0.974 bits per heavy atom. The summed E-state index contributed by atoms with van der Waals surface area (Å²) in [5, 5.41) is 1.12. The lowest BCUT2D eigenvalue weighted by molar-refractivity contribution is -0.0382. The van der Waals surface area contributed by atoms with E-state index < -0.39 is 0 Å². The maximum absolute atomic E-state index is 6.59. The number of anilines is 1. The molecule has 0 radical (unpaired) electrons. The van der Waals surface area contributed by atoms with Crippen molar-refractivity contribution in [2.24, 2.45) is 11.7 Å². The third-order valence-electron chi connectivity index (χ3n) is 7.50. The van der Waals surface area contributed by atoms with Crippen molar-refractivity contribution in [3.8, 4) is 11.6 Å². The molecule has 1 saturated heterocycles. The van der Waals surface area contributed by atoms with Crippen LogP contribution in [0.4, 0.5) is 5.69 Å². The van der Waals surface area contributed by atoms with Crippen LogP contribution in [0.2, 0.25) is 0 Å². The lowest BCUT2D eigenvalue weighted by atomic mass is 9.87. The second kappa shape index (κ2) is 10.4. The van der Waals surface area contributed by atoms with Crippen molar-refractivity contribution in [2.45, 2.75) is 32.1 Å². The zero-order chi connectivity index (χ0) is 26.1.